The van der Waals surface area contributed by atoms with Gasteiger partial charge in [0.05, 0.1) is 5.56 Å². The first-order valence-corrected chi connectivity index (χ1v) is 8.80. The van der Waals surface area contributed by atoms with Crippen LogP contribution in [0.5, 0.6) is 5.75 Å². The largest absolute Gasteiger partial charge is 0.507 e. The molecule has 0 bridgehead atoms. The van der Waals surface area contributed by atoms with Crippen LogP contribution < -0.4 is 0 Å². The molecule has 126 valence electrons. The van der Waals surface area contributed by atoms with E-state index in [0.29, 0.717) is 18.2 Å². The van der Waals surface area contributed by atoms with E-state index in [-0.39, 0.29) is 11.7 Å². The second-order valence-corrected chi connectivity index (χ2v) is 6.64. The van der Waals surface area contributed by atoms with Gasteiger partial charge in [-0.1, -0.05) is 55.3 Å². The molecule has 1 aliphatic carbocycles. The third kappa shape index (κ3) is 3.61. The van der Waals surface area contributed by atoms with Crippen LogP contribution in [-0.4, -0.2) is 28.5 Å². The van der Waals surface area contributed by atoms with Gasteiger partial charge < -0.3 is 10.0 Å². The smallest absolute Gasteiger partial charge is 0.257 e. The predicted molar refractivity (Wildman–Crippen MR) is 96.3 cm³/mol. The zero-order valence-corrected chi connectivity index (χ0v) is 14.2. The molecule has 0 heterocycles. The maximum absolute atomic E-state index is 13.1. The summed E-state index contributed by atoms with van der Waals surface area (Å²) in [5.74, 6) is 0.0734. The van der Waals surface area contributed by atoms with Gasteiger partial charge in [-0.25, -0.2) is 0 Å². The molecule has 0 aliphatic heterocycles. The van der Waals surface area contributed by atoms with Gasteiger partial charge in [0.25, 0.3) is 5.91 Å². The maximum atomic E-state index is 13.1. The fourth-order valence-corrected chi connectivity index (χ4v) is 3.55. The fourth-order valence-electron chi connectivity index (χ4n) is 3.55. The summed E-state index contributed by atoms with van der Waals surface area (Å²) in [6, 6.07) is 16.0. The van der Waals surface area contributed by atoms with Crippen molar-refractivity contribution in [2.45, 2.75) is 45.1 Å². The van der Waals surface area contributed by atoms with E-state index in [1.54, 1.807) is 6.07 Å². The highest BCUT2D eigenvalue weighted by molar-refractivity contribution is 5.97. The van der Waals surface area contributed by atoms with Gasteiger partial charge in [0.1, 0.15) is 5.75 Å². The van der Waals surface area contributed by atoms with Crippen molar-refractivity contribution < 1.29 is 9.90 Å². The van der Waals surface area contributed by atoms with Crippen LogP contribution >= 0.6 is 0 Å². The number of aromatic hydroxyl groups is 1. The highest BCUT2D eigenvalue weighted by Crippen LogP contribution is 2.28. The Morgan fingerprint density at radius 1 is 1.08 bits per heavy atom. The van der Waals surface area contributed by atoms with Crippen LogP contribution in [0.1, 0.15) is 47.2 Å². The standard InChI is InChI=1S/C21H25NO2/c1-16-8-7-13-19(20(16)23)21(24)22(18-11-5-6-12-18)15-14-17-9-3-2-4-10-17/h2-4,7-10,13,18,23H,5-6,11-12,14-15H2,1H3. The monoisotopic (exact) mass is 323 g/mol. The zero-order valence-electron chi connectivity index (χ0n) is 14.2. The van der Waals surface area contributed by atoms with Crippen LogP contribution in [-0.2, 0) is 6.42 Å². The molecule has 1 amide bonds. The van der Waals surface area contributed by atoms with Gasteiger partial charge in [0.2, 0.25) is 0 Å². The molecular weight excluding hydrogens is 298 g/mol. The van der Waals surface area contributed by atoms with Crippen molar-refractivity contribution in [2.24, 2.45) is 0 Å². The van der Waals surface area contributed by atoms with Gasteiger partial charge >= 0.3 is 0 Å². The summed E-state index contributed by atoms with van der Waals surface area (Å²) < 4.78 is 0. The zero-order chi connectivity index (χ0) is 16.9. The van der Waals surface area contributed by atoms with Crippen molar-refractivity contribution in [3.63, 3.8) is 0 Å². The normalized spacial score (nSPS) is 14.7. The predicted octanol–water partition coefficient (Wildman–Crippen LogP) is 4.33. The maximum Gasteiger partial charge on any atom is 0.257 e. The molecule has 0 spiro atoms. The Morgan fingerprint density at radius 3 is 2.50 bits per heavy atom. The van der Waals surface area contributed by atoms with Gasteiger partial charge in [-0.05, 0) is 43.4 Å². The molecule has 0 unspecified atom stereocenters. The fraction of sp³-hybridized carbons (Fsp3) is 0.381. The average Bonchev–Trinajstić information content (AvgIpc) is 3.12. The molecule has 2 aromatic carbocycles. The van der Waals surface area contributed by atoms with Gasteiger partial charge in [0, 0.05) is 12.6 Å². The summed E-state index contributed by atoms with van der Waals surface area (Å²) in [7, 11) is 0. The van der Waals surface area contributed by atoms with E-state index in [9.17, 15) is 9.90 Å². The van der Waals surface area contributed by atoms with E-state index >= 15 is 0 Å². The molecule has 2 aromatic rings. The molecule has 24 heavy (non-hydrogen) atoms. The summed E-state index contributed by atoms with van der Waals surface area (Å²) in [6.07, 6.45) is 5.33. The Kier molecular flexibility index (Phi) is 5.19. The number of amides is 1. The summed E-state index contributed by atoms with van der Waals surface area (Å²) >= 11 is 0. The van der Waals surface area contributed by atoms with Crippen LogP contribution in [0.2, 0.25) is 0 Å². The number of phenols is 1. The van der Waals surface area contributed by atoms with E-state index in [2.05, 4.69) is 12.1 Å². The molecule has 0 saturated heterocycles. The lowest BCUT2D eigenvalue weighted by atomic mass is 10.1. The molecule has 1 fully saturated rings. The number of phenolic OH excluding ortho intramolecular Hbond substituents is 1. The van der Waals surface area contributed by atoms with Crippen molar-refractivity contribution in [1.29, 1.82) is 0 Å². The van der Waals surface area contributed by atoms with Crippen LogP contribution in [0, 0.1) is 6.92 Å². The summed E-state index contributed by atoms with van der Waals surface area (Å²) in [5, 5.41) is 10.3. The SMILES string of the molecule is Cc1cccc(C(=O)N(CCc2ccccc2)C2CCCC2)c1O. The molecule has 3 rings (SSSR count). The number of carbonyl (C=O) groups excluding carboxylic acids is 1. The summed E-state index contributed by atoms with van der Waals surface area (Å²) in [6.45, 7) is 2.52. The van der Waals surface area contributed by atoms with E-state index in [1.807, 2.05) is 42.2 Å². The number of benzene rings is 2. The third-order valence-electron chi connectivity index (χ3n) is 4.98. The average molecular weight is 323 g/mol. The number of aryl methyl sites for hydroxylation is 1. The van der Waals surface area contributed by atoms with E-state index in [0.717, 1.165) is 24.8 Å². The first kappa shape index (κ1) is 16.6. The lowest BCUT2D eigenvalue weighted by Gasteiger charge is -2.29. The van der Waals surface area contributed by atoms with Gasteiger partial charge in [-0.15, -0.1) is 0 Å². The molecule has 3 heteroatoms. The van der Waals surface area contributed by atoms with E-state index in [1.165, 1.54) is 18.4 Å². The first-order chi connectivity index (χ1) is 11.7. The number of hydrogen-bond donors (Lipinski definition) is 1. The highest BCUT2D eigenvalue weighted by Gasteiger charge is 2.28. The Balaban J connectivity index is 1.81. The van der Waals surface area contributed by atoms with Crippen molar-refractivity contribution >= 4 is 5.91 Å². The quantitative estimate of drug-likeness (QED) is 0.890. The summed E-state index contributed by atoms with van der Waals surface area (Å²) in [5.41, 5.74) is 2.41. The minimum atomic E-state index is -0.0426. The van der Waals surface area contributed by atoms with Gasteiger partial charge in [-0.3, -0.25) is 4.79 Å². The van der Waals surface area contributed by atoms with Crippen molar-refractivity contribution in [1.82, 2.24) is 4.90 Å². The van der Waals surface area contributed by atoms with Crippen LogP contribution in [0.25, 0.3) is 0 Å². The topological polar surface area (TPSA) is 40.5 Å². The molecule has 3 nitrogen and oxygen atoms in total. The first-order valence-electron chi connectivity index (χ1n) is 8.80. The number of hydrogen-bond acceptors (Lipinski definition) is 2. The van der Waals surface area contributed by atoms with Gasteiger partial charge in [0.15, 0.2) is 0 Å². The molecule has 1 N–H and O–H groups in total. The number of rotatable bonds is 5. The molecule has 1 saturated carbocycles. The minimum absolute atomic E-state index is 0.0426. The van der Waals surface area contributed by atoms with Crippen LogP contribution in [0.4, 0.5) is 0 Å². The number of carbonyl (C=O) groups is 1. The second-order valence-electron chi connectivity index (χ2n) is 6.64. The molecule has 0 radical (unpaired) electrons. The number of para-hydroxylation sites is 1. The Morgan fingerprint density at radius 2 is 1.79 bits per heavy atom. The molecule has 0 atom stereocenters. The lowest BCUT2D eigenvalue weighted by Crippen LogP contribution is -2.40. The Bertz CT molecular complexity index is 690. The molecule has 0 aromatic heterocycles. The van der Waals surface area contributed by atoms with Crippen molar-refractivity contribution in [3.8, 4) is 5.75 Å². The summed E-state index contributed by atoms with van der Waals surface area (Å²) in [4.78, 5) is 15.1. The highest BCUT2D eigenvalue weighted by atomic mass is 16.3. The minimum Gasteiger partial charge on any atom is -0.507 e. The van der Waals surface area contributed by atoms with E-state index in [4.69, 9.17) is 0 Å². The second kappa shape index (κ2) is 7.52. The molecular formula is C21H25NO2. The van der Waals surface area contributed by atoms with Gasteiger partial charge in [-0.2, -0.15) is 0 Å². The lowest BCUT2D eigenvalue weighted by molar-refractivity contribution is 0.0681. The Labute approximate surface area is 143 Å². The van der Waals surface area contributed by atoms with Crippen molar-refractivity contribution in [3.05, 3.63) is 65.2 Å². The molecule has 1 aliphatic rings. The van der Waals surface area contributed by atoms with E-state index < -0.39 is 0 Å². The third-order valence-corrected chi connectivity index (χ3v) is 4.98. The van der Waals surface area contributed by atoms with Crippen molar-refractivity contribution in [2.75, 3.05) is 6.54 Å². The number of nitrogens with zero attached hydrogens (tertiary/aromatic N) is 1. The van der Waals surface area contributed by atoms with Crippen LogP contribution in [0.3, 0.4) is 0 Å². The Hall–Kier alpha value is -2.29. The van der Waals surface area contributed by atoms with Crippen LogP contribution in [0.15, 0.2) is 48.5 Å².